The van der Waals surface area contributed by atoms with Gasteiger partial charge in [0.1, 0.15) is 0 Å². The highest BCUT2D eigenvalue weighted by atomic mass is 32.2. The second kappa shape index (κ2) is 6.52. The molecule has 0 amide bonds. The molecule has 0 radical (unpaired) electrons. The molecule has 1 aliphatic heterocycles. The zero-order valence-electron chi connectivity index (χ0n) is 12.1. The molecule has 1 saturated carbocycles. The number of hydrogen-bond donors (Lipinski definition) is 2. The van der Waals surface area contributed by atoms with Crippen molar-refractivity contribution in [3.8, 4) is 0 Å². The minimum absolute atomic E-state index is 0.211. The van der Waals surface area contributed by atoms with E-state index in [1.807, 2.05) is 5.01 Å². The van der Waals surface area contributed by atoms with Gasteiger partial charge in [0.25, 0.3) is 0 Å². The van der Waals surface area contributed by atoms with Crippen LogP contribution in [-0.4, -0.2) is 43.8 Å². The molecule has 2 rings (SSSR count). The number of hydrogen-bond acceptors (Lipinski definition) is 4. The van der Waals surface area contributed by atoms with Crippen LogP contribution in [0.1, 0.15) is 52.4 Å². The molecule has 2 fully saturated rings. The summed E-state index contributed by atoms with van der Waals surface area (Å²) in [6.45, 7) is 4.98. The Morgan fingerprint density at radius 2 is 1.74 bits per heavy atom. The molecule has 0 aromatic rings. The number of piperidine rings is 1. The van der Waals surface area contributed by atoms with Crippen LogP contribution in [0.4, 0.5) is 0 Å². The van der Waals surface area contributed by atoms with Gasteiger partial charge in [0.15, 0.2) is 0 Å². The smallest absolute Gasteiger partial charge is 0.224 e. The van der Waals surface area contributed by atoms with Gasteiger partial charge >= 0.3 is 0 Å². The lowest BCUT2D eigenvalue weighted by molar-refractivity contribution is 0.0790. The molecule has 19 heavy (non-hydrogen) atoms. The van der Waals surface area contributed by atoms with E-state index >= 15 is 0 Å². The summed E-state index contributed by atoms with van der Waals surface area (Å²) >= 11 is 0. The summed E-state index contributed by atoms with van der Waals surface area (Å²) in [5.74, 6) is 0.211. The van der Waals surface area contributed by atoms with Crippen molar-refractivity contribution in [2.45, 2.75) is 70.5 Å². The van der Waals surface area contributed by atoms with Crippen LogP contribution >= 0.6 is 0 Å². The number of nitrogens with zero attached hydrogens (tertiary/aromatic N) is 1. The van der Waals surface area contributed by atoms with Crippen molar-refractivity contribution >= 4 is 10.0 Å². The maximum absolute atomic E-state index is 12.1. The molecular formula is C13H27N3O2S. The van der Waals surface area contributed by atoms with Gasteiger partial charge in [0.05, 0.1) is 5.75 Å². The van der Waals surface area contributed by atoms with Gasteiger partial charge in [-0.2, -0.15) is 0 Å². The lowest BCUT2D eigenvalue weighted by atomic mass is 10.0. The van der Waals surface area contributed by atoms with Gasteiger partial charge in [0, 0.05) is 18.1 Å². The Balaban J connectivity index is 1.74. The second-order valence-corrected chi connectivity index (χ2v) is 7.85. The van der Waals surface area contributed by atoms with Gasteiger partial charge in [-0.3, -0.25) is 0 Å². The molecule has 2 atom stereocenters. The van der Waals surface area contributed by atoms with Gasteiger partial charge < -0.3 is 5.32 Å². The molecule has 1 heterocycles. The standard InChI is InChI=1S/C13H27N3O2S/c1-11-5-3-6-12(2)16(11)15-19(17,18)10-4-9-14-13-7-8-13/h11-15H,3-10H2,1-2H3. The first kappa shape index (κ1) is 15.2. The first-order chi connectivity index (χ1) is 8.98. The van der Waals surface area contributed by atoms with Crippen LogP contribution in [-0.2, 0) is 10.0 Å². The predicted octanol–water partition coefficient (Wildman–Crippen LogP) is 1.23. The van der Waals surface area contributed by atoms with E-state index in [1.165, 1.54) is 19.3 Å². The Morgan fingerprint density at radius 3 is 2.32 bits per heavy atom. The van der Waals surface area contributed by atoms with Crippen LogP contribution in [0.25, 0.3) is 0 Å². The fourth-order valence-corrected chi connectivity index (χ4v) is 3.96. The van der Waals surface area contributed by atoms with E-state index in [4.69, 9.17) is 0 Å². The van der Waals surface area contributed by atoms with Crippen LogP contribution in [0, 0.1) is 0 Å². The van der Waals surface area contributed by atoms with Crippen molar-refractivity contribution < 1.29 is 8.42 Å². The van der Waals surface area contributed by atoms with Crippen LogP contribution in [0.5, 0.6) is 0 Å². The van der Waals surface area contributed by atoms with E-state index in [-0.39, 0.29) is 5.75 Å². The molecule has 0 spiro atoms. The van der Waals surface area contributed by atoms with E-state index in [0.717, 1.165) is 19.4 Å². The summed E-state index contributed by atoms with van der Waals surface area (Å²) in [5, 5.41) is 5.27. The highest BCUT2D eigenvalue weighted by molar-refractivity contribution is 7.89. The summed E-state index contributed by atoms with van der Waals surface area (Å²) in [7, 11) is -3.19. The molecular weight excluding hydrogens is 262 g/mol. The van der Waals surface area contributed by atoms with E-state index < -0.39 is 10.0 Å². The zero-order valence-corrected chi connectivity index (χ0v) is 12.9. The minimum atomic E-state index is -3.19. The molecule has 1 aliphatic carbocycles. The van der Waals surface area contributed by atoms with Crippen molar-refractivity contribution in [3.63, 3.8) is 0 Å². The molecule has 2 N–H and O–H groups in total. The van der Waals surface area contributed by atoms with E-state index in [1.54, 1.807) is 0 Å². The quantitative estimate of drug-likeness (QED) is 0.692. The fourth-order valence-electron chi connectivity index (χ4n) is 2.66. The summed E-state index contributed by atoms with van der Waals surface area (Å²) in [6, 6.07) is 1.24. The third kappa shape index (κ3) is 5.02. The molecule has 2 unspecified atom stereocenters. The van der Waals surface area contributed by atoms with Crippen molar-refractivity contribution in [3.05, 3.63) is 0 Å². The number of sulfonamides is 1. The fraction of sp³-hybridized carbons (Fsp3) is 1.00. The van der Waals surface area contributed by atoms with Crippen LogP contribution in [0.2, 0.25) is 0 Å². The molecule has 2 aliphatic rings. The van der Waals surface area contributed by atoms with Crippen molar-refractivity contribution in [2.75, 3.05) is 12.3 Å². The summed E-state index contributed by atoms with van der Waals surface area (Å²) < 4.78 is 24.1. The molecule has 0 bridgehead atoms. The van der Waals surface area contributed by atoms with Crippen LogP contribution < -0.4 is 10.1 Å². The Hall–Kier alpha value is -0.170. The van der Waals surface area contributed by atoms with Crippen LogP contribution in [0.15, 0.2) is 0 Å². The average molecular weight is 289 g/mol. The van der Waals surface area contributed by atoms with E-state index in [2.05, 4.69) is 24.0 Å². The molecule has 6 heteroatoms. The van der Waals surface area contributed by atoms with Gasteiger partial charge in [-0.25, -0.2) is 13.4 Å². The minimum Gasteiger partial charge on any atom is -0.314 e. The molecule has 112 valence electrons. The number of hydrazine groups is 1. The Morgan fingerprint density at radius 1 is 1.11 bits per heavy atom. The predicted molar refractivity (Wildman–Crippen MR) is 77.2 cm³/mol. The second-order valence-electron chi connectivity index (χ2n) is 6.03. The highest BCUT2D eigenvalue weighted by Crippen LogP contribution is 2.21. The maximum atomic E-state index is 12.1. The number of nitrogens with one attached hydrogen (secondary N) is 2. The lowest BCUT2D eigenvalue weighted by Crippen LogP contribution is -2.54. The van der Waals surface area contributed by atoms with Gasteiger partial charge in [-0.1, -0.05) is 6.42 Å². The summed E-state index contributed by atoms with van der Waals surface area (Å²) in [6.07, 6.45) is 6.49. The molecule has 1 saturated heterocycles. The van der Waals surface area contributed by atoms with E-state index in [0.29, 0.717) is 24.5 Å². The zero-order chi connectivity index (χ0) is 13.9. The first-order valence-corrected chi connectivity index (χ1v) is 9.15. The van der Waals surface area contributed by atoms with Crippen molar-refractivity contribution in [1.82, 2.24) is 15.2 Å². The van der Waals surface area contributed by atoms with E-state index in [9.17, 15) is 8.42 Å². The van der Waals surface area contributed by atoms with Crippen LogP contribution in [0.3, 0.4) is 0 Å². The monoisotopic (exact) mass is 289 g/mol. The molecule has 5 nitrogen and oxygen atoms in total. The largest absolute Gasteiger partial charge is 0.314 e. The molecule has 0 aromatic carbocycles. The first-order valence-electron chi connectivity index (χ1n) is 7.50. The van der Waals surface area contributed by atoms with Gasteiger partial charge in [-0.05, 0) is 52.5 Å². The third-order valence-electron chi connectivity index (χ3n) is 4.04. The SMILES string of the molecule is CC1CCCC(C)N1NS(=O)(=O)CCCNC1CC1. The Kier molecular flexibility index (Phi) is 5.22. The molecule has 0 aromatic heterocycles. The third-order valence-corrected chi connectivity index (χ3v) is 5.35. The normalized spacial score (nSPS) is 29.6. The van der Waals surface area contributed by atoms with Gasteiger partial charge in [-0.15, -0.1) is 4.83 Å². The Labute approximate surface area is 117 Å². The van der Waals surface area contributed by atoms with Crippen molar-refractivity contribution in [1.29, 1.82) is 0 Å². The highest BCUT2D eigenvalue weighted by Gasteiger charge is 2.28. The summed E-state index contributed by atoms with van der Waals surface area (Å²) in [4.78, 5) is 2.78. The van der Waals surface area contributed by atoms with Gasteiger partial charge in [0.2, 0.25) is 10.0 Å². The topological polar surface area (TPSA) is 61.4 Å². The summed E-state index contributed by atoms with van der Waals surface area (Å²) in [5.41, 5.74) is 0. The number of rotatable bonds is 7. The maximum Gasteiger partial charge on any atom is 0.224 e. The lowest BCUT2D eigenvalue weighted by Gasteiger charge is -2.38. The average Bonchev–Trinajstić information content (AvgIpc) is 3.14. The Bertz CT molecular complexity index is 371. The van der Waals surface area contributed by atoms with Crippen molar-refractivity contribution in [2.24, 2.45) is 0 Å².